The molecular weight excluding hydrogens is 315 g/mol. The predicted octanol–water partition coefficient (Wildman–Crippen LogP) is 4.04. The molecule has 0 fully saturated rings. The highest BCUT2D eigenvalue weighted by atomic mass is 19.1. The van der Waals surface area contributed by atoms with E-state index in [-0.39, 0.29) is 17.8 Å². The lowest BCUT2D eigenvalue weighted by Gasteiger charge is -2.40. The summed E-state index contributed by atoms with van der Waals surface area (Å²) >= 11 is 0. The van der Waals surface area contributed by atoms with E-state index in [1.54, 1.807) is 31.1 Å². The minimum Gasteiger partial charge on any atom is -0.345 e. The normalized spacial score (nSPS) is 20.2. The van der Waals surface area contributed by atoms with Crippen molar-refractivity contribution in [2.24, 2.45) is 0 Å². The molecule has 0 spiro atoms. The van der Waals surface area contributed by atoms with Gasteiger partial charge in [-0.25, -0.2) is 4.39 Å². The monoisotopic (exact) mass is 340 g/mol. The lowest BCUT2D eigenvalue weighted by atomic mass is 9.89. The summed E-state index contributed by atoms with van der Waals surface area (Å²) in [4.78, 5) is 16.2. The summed E-state index contributed by atoms with van der Waals surface area (Å²) in [7, 11) is 3.53. The summed E-state index contributed by atoms with van der Waals surface area (Å²) in [5, 5.41) is 0. The number of halogens is 1. The first-order valence-corrected chi connectivity index (χ1v) is 8.71. The third kappa shape index (κ3) is 3.59. The summed E-state index contributed by atoms with van der Waals surface area (Å²) in [6, 6.07) is 13.5. The van der Waals surface area contributed by atoms with E-state index in [1.165, 1.54) is 5.56 Å². The van der Waals surface area contributed by atoms with E-state index in [4.69, 9.17) is 0 Å². The Bertz CT molecular complexity index is 787. The van der Waals surface area contributed by atoms with E-state index in [9.17, 15) is 9.18 Å². The Morgan fingerprint density at radius 2 is 1.96 bits per heavy atom. The maximum atomic E-state index is 13.5. The largest absolute Gasteiger partial charge is 0.345 e. The van der Waals surface area contributed by atoms with Crippen molar-refractivity contribution in [3.8, 4) is 0 Å². The van der Waals surface area contributed by atoms with Gasteiger partial charge in [-0.05, 0) is 61.2 Å². The summed E-state index contributed by atoms with van der Waals surface area (Å²) in [6.07, 6.45) is 0.841. The average molecular weight is 340 g/mol. The van der Waals surface area contributed by atoms with Gasteiger partial charge in [0, 0.05) is 38.3 Å². The lowest BCUT2D eigenvalue weighted by Crippen LogP contribution is -2.40. The van der Waals surface area contributed by atoms with Gasteiger partial charge in [0.25, 0.3) is 5.91 Å². The molecule has 132 valence electrons. The van der Waals surface area contributed by atoms with Crippen LogP contribution in [0.4, 0.5) is 4.39 Å². The van der Waals surface area contributed by atoms with E-state index in [1.807, 2.05) is 24.3 Å². The molecule has 0 unspecified atom stereocenters. The standard InChI is InChI=1S/C21H25FN2O/c1-14-10-18-12-19(22)8-9-20(18)15(2)24(14)13-16-6-5-7-17(11-16)21(25)23(3)4/h5-9,11-12,14-15H,10,13H2,1-4H3/t14-,15+/m0/s1. The Labute approximate surface area is 149 Å². The molecule has 25 heavy (non-hydrogen) atoms. The van der Waals surface area contributed by atoms with Gasteiger partial charge in [0.1, 0.15) is 5.82 Å². The molecule has 3 nitrogen and oxygen atoms in total. The number of fused-ring (bicyclic) bond motifs is 1. The van der Waals surface area contributed by atoms with Gasteiger partial charge in [-0.2, -0.15) is 0 Å². The van der Waals surface area contributed by atoms with E-state index in [2.05, 4.69) is 24.8 Å². The number of carbonyl (C=O) groups excluding carboxylic acids is 1. The minimum absolute atomic E-state index is 0.0161. The second-order valence-corrected chi connectivity index (χ2v) is 7.14. The van der Waals surface area contributed by atoms with Gasteiger partial charge in [0.2, 0.25) is 0 Å². The molecule has 4 heteroatoms. The molecule has 0 aliphatic carbocycles. The van der Waals surface area contributed by atoms with Crippen molar-refractivity contribution < 1.29 is 9.18 Å². The number of hydrogen-bond acceptors (Lipinski definition) is 2. The van der Waals surface area contributed by atoms with Crippen LogP contribution in [0.25, 0.3) is 0 Å². The molecule has 0 aromatic heterocycles. The smallest absolute Gasteiger partial charge is 0.253 e. The molecule has 1 aliphatic heterocycles. The van der Waals surface area contributed by atoms with Crippen molar-refractivity contribution in [1.29, 1.82) is 0 Å². The summed E-state index contributed by atoms with van der Waals surface area (Å²) in [5.74, 6) is -0.149. The summed E-state index contributed by atoms with van der Waals surface area (Å²) < 4.78 is 13.5. The van der Waals surface area contributed by atoms with Gasteiger partial charge < -0.3 is 4.90 Å². The van der Waals surface area contributed by atoms with Gasteiger partial charge >= 0.3 is 0 Å². The molecule has 0 N–H and O–H groups in total. The van der Waals surface area contributed by atoms with Crippen LogP contribution in [-0.4, -0.2) is 35.8 Å². The molecule has 0 radical (unpaired) electrons. The molecule has 1 amide bonds. The second kappa shape index (κ2) is 6.96. The lowest BCUT2D eigenvalue weighted by molar-refractivity contribution is 0.0827. The Kier molecular flexibility index (Phi) is 4.91. The van der Waals surface area contributed by atoms with Gasteiger partial charge in [-0.1, -0.05) is 18.2 Å². The SMILES string of the molecule is C[C@@H]1c2ccc(F)cc2C[C@H](C)N1Cc1cccc(C(=O)N(C)C)c1. The van der Waals surface area contributed by atoms with E-state index in [0.717, 1.165) is 24.1 Å². The van der Waals surface area contributed by atoms with E-state index in [0.29, 0.717) is 11.6 Å². The molecule has 0 saturated heterocycles. The number of carbonyl (C=O) groups is 1. The molecule has 2 aromatic carbocycles. The minimum atomic E-state index is -0.165. The quantitative estimate of drug-likeness (QED) is 0.842. The van der Waals surface area contributed by atoms with Crippen LogP contribution in [0.15, 0.2) is 42.5 Å². The maximum Gasteiger partial charge on any atom is 0.253 e. The maximum absolute atomic E-state index is 13.5. The number of amides is 1. The van der Waals surface area contributed by atoms with Crippen LogP contribution in [-0.2, 0) is 13.0 Å². The van der Waals surface area contributed by atoms with Crippen LogP contribution in [0, 0.1) is 5.82 Å². The van der Waals surface area contributed by atoms with Crippen LogP contribution < -0.4 is 0 Å². The van der Waals surface area contributed by atoms with E-state index >= 15 is 0 Å². The third-order valence-electron chi connectivity index (χ3n) is 5.08. The molecule has 1 aliphatic rings. The highest BCUT2D eigenvalue weighted by Crippen LogP contribution is 2.34. The molecule has 1 heterocycles. The number of benzene rings is 2. The fourth-order valence-electron chi connectivity index (χ4n) is 3.72. The zero-order valence-electron chi connectivity index (χ0n) is 15.3. The molecule has 0 bridgehead atoms. The zero-order valence-corrected chi connectivity index (χ0v) is 15.3. The first-order chi connectivity index (χ1) is 11.9. The fraction of sp³-hybridized carbons (Fsp3) is 0.381. The molecule has 3 rings (SSSR count). The van der Waals surface area contributed by atoms with Crippen molar-refractivity contribution in [1.82, 2.24) is 9.80 Å². The predicted molar refractivity (Wildman–Crippen MR) is 98.0 cm³/mol. The third-order valence-corrected chi connectivity index (χ3v) is 5.08. The fourth-order valence-corrected chi connectivity index (χ4v) is 3.72. The van der Waals surface area contributed by atoms with Crippen LogP contribution in [0.1, 0.15) is 46.9 Å². The zero-order chi connectivity index (χ0) is 18.1. The van der Waals surface area contributed by atoms with Crippen molar-refractivity contribution in [3.05, 3.63) is 70.5 Å². The second-order valence-electron chi connectivity index (χ2n) is 7.14. The van der Waals surface area contributed by atoms with Crippen molar-refractivity contribution in [2.75, 3.05) is 14.1 Å². The van der Waals surface area contributed by atoms with Gasteiger partial charge in [0.05, 0.1) is 0 Å². The summed E-state index contributed by atoms with van der Waals surface area (Å²) in [5.41, 5.74) is 4.13. The highest BCUT2D eigenvalue weighted by Gasteiger charge is 2.29. The van der Waals surface area contributed by atoms with Gasteiger partial charge in [0.15, 0.2) is 0 Å². The van der Waals surface area contributed by atoms with Crippen molar-refractivity contribution >= 4 is 5.91 Å². The van der Waals surface area contributed by atoms with Crippen LogP contribution in [0.5, 0.6) is 0 Å². The van der Waals surface area contributed by atoms with Crippen molar-refractivity contribution in [3.63, 3.8) is 0 Å². The van der Waals surface area contributed by atoms with Crippen LogP contribution in [0.3, 0.4) is 0 Å². The van der Waals surface area contributed by atoms with Crippen molar-refractivity contribution in [2.45, 2.75) is 38.9 Å². The first-order valence-electron chi connectivity index (χ1n) is 8.71. The Morgan fingerprint density at radius 1 is 1.20 bits per heavy atom. The number of nitrogens with zero attached hydrogens (tertiary/aromatic N) is 2. The van der Waals surface area contributed by atoms with Gasteiger partial charge in [-0.15, -0.1) is 0 Å². The highest BCUT2D eigenvalue weighted by molar-refractivity contribution is 5.94. The van der Waals surface area contributed by atoms with Crippen LogP contribution in [0.2, 0.25) is 0 Å². The van der Waals surface area contributed by atoms with E-state index < -0.39 is 0 Å². The Balaban J connectivity index is 1.84. The summed E-state index contributed by atoms with van der Waals surface area (Å²) in [6.45, 7) is 5.12. The molecule has 0 saturated carbocycles. The number of hydrogen-bond donors (Lipinski definition) is 0. The topological polar surface area (TPSA) is 23.6 Å². The van der Waals surface area contributed by atoms with Crippen LogP contribution >= 0.6 is 0 Å². The van der Waals surface area contributed by atoms with Gasteiger partial charge in [-0.3, -0.25) is 9.69 Å². The first kappa shape index (κ1) is 17.6. The molecular formula is C21H25FN2O. The molecule has 2 aromatic rings. The molecule has 2 atom stereocenters. The average Bonchev–Trinajstić information content (AvgIpc) is 2.57. The number of rotatable bonds is 3. The Morgan fingerprint density at radius 3 is 2.68 bits per heavy atom. The Hall–Kier alpha value is -2.20.